The zero-order chi connectivity index (χ0) is 25.4. The molecular weight excluding hydrogens is 490 g/mol. The summed E-state index contributed by atoms with van der Waals surface area (Å²) in [5.74, 6) is -1.79. The quantitative estimate of drug-likeness (QED) is 0.354. The Morgan fingerprint density at radius 3 is 2.17 bits per heavy atom. The fraction of sp³-hybridized carbons (Fsp3) is 0.160. The van der Waals surface area contributed by atoms with E-state index in [1.807, 2.05) is 18.2 Å². The minimum atomic E-state index is -4.09. The number of nitriles is 1. The number of sulfonamides is 1. The molecule has 180 valence electrons. The van der Waals surface area contributed by atoms with Crippen molar-refractivity contribution in [1.82, 2.24) is 10.0 Å². The van der Waals surface area contributed by atoms with Gasteiger partial charge in [-0.1, -0.05) is 48.0 Å². The lowest BCUT2D eigenvalue weighted by atomic mass is 10.1. The van der Waals surface area contributed by atoms with Gasteiger partial charge in [0.1, 0.15) is 6.04 Å². The zero-order valence-electron chi connectivity index (χ0n) is 18.4. The molecule has 0 fully saturated rings. The molecule has 0 saturated heterocycles. The zero-order valence-corrected chi connectivity index (χ0v) is 20.0. The van der Waals surface area contributed by atoms with Crippen LogP contribution in [0.4, 0.5) is 0 Å². The van der Waals surface area contributed by atoms with Crippen LogP contribution in [0.25, 0.3) is 11.1 Å². The van der Waals surface area contributed by atoms with Gasteiger partial charge in [-0.15, -0.1) is 0 Å². The van der Waals surface area contributed by atoms with Crippen LogP contribution in [0.3, 0.4) is 0 Å². The highest BCUT2D eigenvalue weighted by Crippen LogP contribution is 2.23. The van der Waals surface area contributed by atoms with Crippen LogP contribution in [0.2, 0.25) is 5.02 Å². The van der Waals surface area contributed by atoms with E-state index in [1.165, 1.54) is 24.3 Å². The van der Waals surface area contributed by atoms with Gasteiger partial charge in [-0.25, -0.2) is 8.42 Å². The fourth-order valence-electron chi connectivity index (χ4n) is 3.34. The molecule has 0 aliphatic heterocycles. The molecule has 0 heterocycles. The summed E-state index contributed by atoms with van der Waals surface area (Å²) < 4.78 is 27.7. The number of nitrogens with zero attached hydrogens (tertiary/aromatic N) is 1. The topological polar surface area (TPSA) is 136 Å². The lowest BCUT2D eigenvalue weighted by molar-refractivity contribution is -0.139. The summed E-state index contributed by atoms with van der Waals surface area (Å²) in [6.07, 6.45) is 0.160. The van der Waals surface area contributed by atoms with Crippen molar-refractivity contribution in [2.75, 3.05) is 6.54 Å². The lowest BCUT2D eigenvalue weighted by Gasteiger charge is -2.15. The highest BCUT2D eigenvalue weighted by molar-refractivity contribution is 7.89. The summed E-state index contributed by atoms with van der Waals surface area (Å²) in [6.45, 7) is 0.111. The standard InChI is InChI=1S/C25H22ClN3O5S/c26-20-11-7-17(8-12-20)18-9-13-21(14-10-18)35(33,34)29-23(25(31)32)6-3-15-28-24(30)22-5-2-1-4-19(22)16-27/h1-2,4-5,7-14,23,29H,3,6,15H2,(H,28,30)(H,31,32)/t23-/m0/s1. The molecule has 0 aromatic heterocycles. The van der Waals surface area contributed by atoms with Crippen molar-refractivity contribution in [3.63, 3.8) is 0 Å². The number of amides is 1. The largest absolute Gasteiger partial charge is 0.480 e. The van der Waals surface area contributed by atoms with Crippen LogP contribution in [0.15, 0.2) is 77.7 Å². The first kappa shape index (κ1) is 25.9. The Kier molecular flexibility index (Phi) is 8.60. The van der Waals surface area contributed by atoms with E-state index in [0.29, 0.717) is 5.02 Å². The number of carbonyl (C=O) groups is 2. The Hall–Kier alpha value is -3.71. The van der Waals surface area contributed by atoms with Crippen molar-refractivity contribution in [2.45, 2.75) is 23.8 Å². The molecule has 3 aromatic rings. The third-order valence-corrected chi connectivity index (χ3v) is 6.92. The molecule has 0 radical (unpaired) electrons. The molecular formula is C25H22ClN3O5S. The van der Waals surface area contributed by atoms with Gasteiger partial charge in [-0.05, 0) is 60.4 Å². The minimum Gasteiger partial charge on any atom is -0.480 e. The summed E-state index contributed by atoms with van der Waals surface area (Å²) in [7, 11) is -4.09. The highest BCUT2D eigenvalue weighted by atomic mass is 35.5. The number of halogens is 1. The molecule has 0 unspecified atom stereocenters. The van der Waals surface area contributed by atoms with E-state index in [9.17, 15) is 23.1 Å². The smallest absolute Gasteiger partial charge is 0.321 e. The molecule has 0 bridgehead atoms. The van der Waals surface area contributed by atoms with Gasteiger partial charge in [-0.3, -0.25) is 9.59 Å². The summed E-state index contributed by atoms with van der Waals surface area (Å²) in [5, 5.41) is 21.8. The van der Waals surface area contributed by atoms with E-state index in [2.05, 4.69) is 10.0 Å². The molecule has 3 aromatic carbocycles. The first-order valence-electron chi connectivity index (χ1n) is 10.6. The van der Waals surface area contributed by atoms with Gasteiger partial charge in [0.15, 0.2) is 0 Å². The molecule has 10 heteroatoms. The molecule has 0 saturated carbocycles. The van der Waals surface area contributed by atoms with Gasteiger partial charge in [0.25, 0.3) is 5.91 Å². The Labute approximate surface area is 208 Å². The van der Waals surface area contributed by atoms with Gasteiger partial charge in [0.05, 0.1) is 22.1 Å². The van der Waals surface area contributed by atoms with Crippen molar-refractivity contribution in [3.05, 3.63) is 88.9 Å². The maximum absolute atomic E-state index is 12.7. The monoisotopic (exact) mass is 511 g/mol. The van der Waals surface area contributed by atoms with Crippen molar-refractivity contribution in [2.24, 2.45) is 0 Å². The first-order chi connectivity index (χ1) is 16.7. The first-order valence-corrected chi connectivity index (χ1v) is 12.5. The second-order valence-electron chi connectivity index (χ2n) is 7.60. The number of carboxylic acids is 1. The number of benzene rings is 3. The predicted molar refractivity (Wildman–Crippen MR) is 131 cm³/mol. The van der Waals surface area contributed by atoms with Crippen molar-refractivity contribution < 1.29 is 23.1 Å². The van der Waals surface area contributed by atoms with Gasteiger partial charge < -0.3 is 10.4 Å². The molecule has 3 N–H and O–H groups in total. The average molecular weight is 512 g/mol. The number of aliphatic carboxylic acids is 1. The number of hydrogen-bond donors (Lipinski definition) is 3. The number of nitrogens with one attached hydrogen (secondary N) is 2. The van der Waals surface area contributed by atoms with Crippen LogP contribution in [0.1, 0.15) is 28.8 Å². The second-order valence-corrected chi connectivity index (χ2v) is 9.75. The highest BCUT2D eigenvalue weighted by Gasteiger charge is 2.25. The molecule has 1 atom stereocenters. The van der Waals surface area contributed by atoms with Crippen LogP contribution < -0.4 is 10.0 Å². The van der Waals surface area contributed by atoms with Crippen molar-refractivity contribution >= 4 is 33.5 Å². The summed E-state index contributed by atoms with van der Waals surface area (Å²) in [6, 6.07) is 20.0. The van der Waals surface area contributed by atoms with Gasteiger partial charge >= 0.3 is 5.97 Å². The van der Waals surface area contributed by atoms with E-state index in [4.69, 9.17) is 16.9 Å². The Morgan fingerprint density at radius 1 is 0.971 bits per heavy atom. The number of rotatable bonds is 10. The predicted octanol–water partition coefficient (Wildman–Crippen LogP) is 3.82. The molecule has 3 rings (SSSR count). The Morgan fingerprint density at radius 2 is 1.57 bits per heavy atom. The van der Waals surface area contributed by atoms with Crippen LogP contribution in [0, 0.1) is 11.3 Å². The number of carbonyl (C=O) groups excluding carboxylic acids is 1. The molecule has 0 aliphatic rings. The minimum absolute atomic E-state index is 0.0440. The molecule has 8 nitrogen and oxygen atoms in total. The molecule has 35 heavy (non-hydrogen) atoms. The summed E-state index contributed by atoms with van der Waals surface area (Å²) in [4.78, 5) is 23.8. The molecule has 1 amide bonds. The van der Waals surface area contributed by atoms with E-state index in [1.54, 1.807) is 36.4 Å². The second kappa shape index (κ2) is 11.6. The molecule has 0 spiro atoms. The van der Waals surface area contributed by atoms with Gasteiger partial charge in [-0.2, -0.15) is 9.98 Å². The average Bonchev–Trinajstić information content (AvgIpc) is 2.86. The van der Waals surface area contributed by atoms with Crippen LogP contribution in [-0.2, 0) is 14.8 Å². The van der Waals surface area contributed by atoms with Crippen LogP contribution in [0.5, 0.6) is 0 Å². The maximum Gasteiger partial charge on any atom is 0.321 e. The third-order valence-electron chi connectivity index (χ3n) is 5.18. The van der Waals surface area contributed by atoms with E-state index in [0.717, 1.165) is 11.1 Å². The number of hydrogen-bond acceptors (Lipinski definition) is 5. The summed E-state index contributed by atoms with van der Waals surface area (Å²) in [5.41, 5.74) is 2.08. The normalized spacial score (nSPS) is 11.9. The van der Waals surface area contributed by atoms with Crippen LogP contribution in [-0.4, -0.2) is 38.0 Å². The summed E-state index contributed by atoms with van der Waals surface area (Å²) >= 11 is 5.89. The van der Waals surface area contributed by atoms with Gasteiger partial charge in [0.2, 0.25) is 10.0 Å². The third kappa shape index (κ3) is 6.90. The van der Waals surface area contributed by atoms with Crippen molar-refractivity contribution in [1.29, 1.82) is 5.26 Å². The number of carboxylic acid groups (broad SMARTS) is 1. The van der Waals surface area contributed by atoms with Crippen molar-refractivity contribution in [3.8, 4) is 17.2 Å². The van der Waals surface area contributed by atoms with Crippen LogP contribution >= 0.6 is 11.6 Å². The SMILES string of the molecule is N#Cc1ccccc1C(=O)NCCC[C@H](NS(=O)(=O)c1ccc(-c2ccc(Cl)cc2)cc1)C(=O)O. The van der Waals surface area contributed by atoms with Gasteiger partial charge in [0, 0.05) is 11.6 Å². The Bertz CT molecular complexity index is 1350. The van der Waals surface area contributed by atoms with E-state index < -0.39 is 27.9 Å². The van der Waals surface area contributed by atoms with E-state index >= 15 is 0 Å². The Balaban J connectivity index is 1.59. The lowest BCUT2D eigenvalue weighted by Crippen LogP contribution is -2.41. The van der Waals surface area contributed by atoms with E-state index in [-0.39, 0.29) is 35.4 Å². The molecule has 0 aliphatic carbocycles. The fourth-order valence-corrected chi connectivity index (χ4v) is 4.69. The maximum atomic E-state index is 12.7.